The van der Waals surface area contributed by atoms with Crippen molar-refractivity contribution in [3.63, 3.8) is 0 Å². The highest BCUT2D eigenvalue weighted by molar-refractivity contribution is 7.18. The normalized spacial score (nSPS) is 14.0. The van der Waals surface area contributed by atoms with E-state index >= 15 is 0 Å². The predicted molar refractivity (Wildman–Crippen MR) is 151 cm³/mol. The molecule has 3 heterocycles. The number of carbonyl (C=O) groups excluding carboxylic acids is 4. The Labute approximate surface area is 236 Å². The third-order valence-electron chi connectivity index (χ3n) is 6.90. The summed E-state index contributed by atoms with van der Waals surface area (Å²) in [4.78, 5) is 58.9. The lowest BCUT2D eigenvalue weighted by atomic mass is 9.95. The van der Waals surface area contributed by atoms with Crippen LogP contribution in [0.25, 0.3) is 10.9 Å². The maximum atomic E-state index is 13.6. The molecule has 0 fully saturated rings. The number of methoxy groups -OCH3 is 1. The number of esters is 3. The van der Waals surface area contributed by atoms with E-state index in [0.29, 0.717) is 35.0 Å². The minimum Gasteiger partial charge on any atom is -0.465 e. The van der Waals surface area contributed by atoms with Crippen LogP contribution in [0.4, 0.5) is 5.00 Å². The van der Waals surface area contributed by atoms with Crippen molar-refractivity contribution in [2.75, 3.05) is 25.6 Å². The van der Waals surface area contributed by atoms with Crippen LogP contribution in [0.1, 0.15) is 74.9 Å². The number of rotatable bonds is 8. The van der Waals surface area contributed by atoms with Gasteiger partial charge in [-0.25, -0.2) is 14.4 Å². The molecule has 1 aromatic carbocycles. The Hall–Kier alpha value is -3.83. The molecule has 0 saturated heterocycles. The summed E-state index contributed by atoms with van der Waals surface area (Å²) in [6, 6.07) is 7.66. The second kappa shape index (κ2) is 12.1. The first kappa shape index (κ1) is 29.2. The van der Waals surface area contributed by atoms with Gasteiger partial charge in [0.25, 0.3) is 5.91 Å². The summed E-state index contributed by atoms with van der Waals surface area (Å²) >= 11 is 0.901. The molecule has 11 heteroatoms. The van der Waals surface area contributed by atoms with E-state index in [1.54, 1.807) is 13.8 Å². The Balaban J connectivity index is 1.62. The molecule has 3 aromatic rings. The molecular formula is C29H33N3O7S. The molecule has 10 nitrogen and oxygen atoms in total. The molecule has 1 aliphatic heterocycles. The van der Waals surface area contributed by atoms with E-state index in [4.69, 9.17) is 19.2 Å². The average Bonchev–Trinajstić information content (AvgIpc) is 3.26. The lowest BCUT2D eigenvalue weighted by Crippen LogP contribution is -2.37. The van der Waals surface area contributed by atoms with Gasteiger partial charge < -0.3 is 19.5 Å². The highest BCUT2D eigenvalue weighted by atomic mass is 32.1. The molecule has 1 unspecified atom stereocenters. The number of para-hydroxylation sites is 1. The number of aromatic nitrogens is 1. The number of amides is 1. The number of hydrogen-bond donors (Lipinski definition) is 1. The van der Waals surface area contributed by atoms with Gasteiger partial charge in [-0.2, -0.15) is 0 Å². The van der Waals surface area contributed by atoms with Gasteiger partial charge in [-0.05, 0) is 46.2 Å². The quantitative estimate of drug-likeness (QED) is 0.309. The first-order chi connectivity index (χ1) is 19.1. The van der Waals surface area contributed by atoms with Gasteiger partial charge >= 0.3 is 17.9 Å². The maximum Gasteiger partial charge on any atom is 0.348 e. The van der Waals surface area contributed by atoms with Gasteiger partial charge in [0.2, 0.25) is 0 Å². The number of nitrogens with zero attached hydrogens (tertiary/aromatic N) is 2. The topological polar surface area (TPSA) is 124 Å². The van der Waals surface area contributed by atoms with E-state index < -0.39 is 29.9 Å². The summed E-state index contributed by atoms with van der Waals surface area (Å²) < 4.78 is 15.6. The molecular weight excluding hydrogens is 534 g/mol. The van der Waals surface area contributed by atoms with E-state index in [1.807, 2.05) is 24.3 Å². The number of fused-ring (bicyclic) bond motifs is 2. The maximum absolute atomic E-state index is 13.6. The summed E-state index contributed by atoms with van der Waals surface area (Å²) in [5.74, 6) is -2.62. The first-order valence-electron chi connectivity index (χ1n) is 13.1. The van der Waals surface area contributed by atoms with Gasteiger partial charge in [-0.1, -0.05) is 18.2 Å². The second-order valence-electron chi connectivity index (χ2n) is 9.75. The molecule has 40 heavy (non-hydrogen) atoms. The van der Waals surface area contributed by atoms with E-state index in [0.717, 1.165) is 29.1 Å². The number of thiophene rings is 1. The predicted octanol–water partition coefficient (Wildman–Crippen LogP) is 4.52. The second-order valence-corrected chi connectivity index (χ2v) is 10.8. The largest absolute Gasteiger partial charge is 0.465 e. The van der Waals surface area contributed by atoms with Crippen molar-refractivity contribution in [3.05, 3.63) is 57.1 Å². The zero-order chi connectivity index (χ0) is 29.1. The lowest BCUT2D eigenvalue weighted by molar-refractivity contribution is -0.123. The van der Waals surface area contributed by atoms with Crippen LogP contribution in [0, 0.1) is 6.92 Å². The molecule has 1 amide bonds. The van der Waals surface area contributed by atoms with Gasteiger partial charge in [0.05, 0.1) is 30.4 Å². The average molecular weight is 568 g/mol. The van der Waals surface area contributed by atoms with Crippen LogP contribution in [-0.2, 0) is 32.0 Å². The Morgan fingerprint density at radius 3 is 2.48 bits per heavy atom. The van der Waals surface area contributed by atoms with Crippen LogP contribution in [-0.4, -0.2) is 66.1 Å². The van der Waals surface area contributed by atoms with Crippen LogP contribution in [0.5, 0.6) is 0 Å². The fourth-order valence-electron chi connectivity index (χ4n) is 4.71. The van der Waals surface area contributed by atoms with Gasteiger partial charge in [0.15, 0.2) is 6.10 Å². The molecule has 212 valence electrons. The van der Waals surface area contributed by atoms with Crippen LogP contribution >= 0.6 is 11.3 Å². The number of anilines is 1. The molecule has 1 atom stereocenters. The zero-order valence-corrected chi connectivity index (χ0v) is 24.3. The van der Waals surface area contributed by atoms with Crippen molar-refractivity contribution in [2.24, 2.45) is 0 Å². The summed E-state index contributed by atoms with van der Waals surface area (Å²) in [6.07, 6.45) is -0.510. The smallest absolute Gasteiger partial charge is 0.348 e. The molecule has 0 spiro atoms. The summed E-state index contributed by atoms with van der Waals surface area (Å²) in [6.45, 7) is 10.4. The molecule has 2 aromatic heterocycles. The number of pyridine rings is 1. The van der Waals surface area contributed by atoms with Crippen molar-refractivity contribution in [3.8, 4) is 0 Å². The Morgan fingerprint density at radius 1 is 1.07 bits per heavy atom. The molecule has 1 N–H and O–H groups in total. The Kier molecular flexibility index (Phi) is 8.85. The highest BCUT2D eigenvalue weighted by Gasteiger charge is 2.31. The third kappa shape index (κ3) is 5.71. The molecule has 4 rings (SSSR count). The summed E-state index contributed by atoms with van der Waals surface area (Å²) in [5, 5.41) is 3.40. The summed E-state index contributed by atoms with van der Waals surface area (Å²) in [5.41, 5.74) is 3.12. The van der Waals surface area contributed by atoms with Crippen LogP contribution < -0.4 is 5.32 Å². The number of benzene rings is 1. The molecule has 0 aliphatic carbocycles. The number of nitrogens with one attached hydrogen (secondary N) is 1. The molecule has 1 aliphatic rings. The van der Waals surface area contributed by atoms with E-state index in [9.17, 15) is 19.2 Å². The molecule has 0 saturated carbocycles. The highest BCUT2D eigenvalue weighted by Crippen LogP contribution is 2.35. The van der Waals surface area contributed by atoms with E-state index in [2.05, 4.69) is 24.1 Å². The fraction of sp³-hybridized carbons (Fsp3) is 0.414. The zero-order valence-electron chi connectivity index (χ0n) is 23.5. The van der Waals surface area contributed by atoms with Crippen molar-refractivity contribution >= 4 is 51.1 Å². The van der Waals surface area contributed by atoms with Crippen molar-refractivity contribution < 1.29 is 33.4 Å². The lowest BCUT2D eigenvalue weighted by Gasteiger charge is -2.32. The SMILES string of the molecule is CCOC(=O)c1sc(NC(=O)C(C)OC(=O)c2c3c(nc4ccccc24)CCN(C(C)C)C3)c(C(=O)OC)c1C. The van der Waals surface area contributed by atoms with Crippen molar-refractivity contribution in [2.45, 2.75) is 59.7 Å². The third-order valence-corrected chi connectivity index (χ3v) is 8.08. The first-order valence-corrected chi connectivity index (χ1v) is 13.9. The Bertz CT molecular complexity index is 1480. The van der Waals surface area contributed by atoms with Gasteiger partial charge in [0, 0.05) is 42.2 Å². The number of carbonyl (C=O) groups is 4. The molecule has 0 bridgehead atoms. The summed E-state index contributed by atoms with van der Waals surface area (Å²) in [7, 11) is 1.21. The Morgan fingerprint density at radius 2 is 1.80 bits per heavy atom. The monoisotopic (exact) mass is 567 g/mol. The fourth-order valence-corrected chi connectivity index (χ4v) is 5.80. The van der Waals surface area contributed by atoms with Crippen molar-refractivity contribution in [1.29, 1.82) is 0 Å². The van der Waals surface area contributed by atoms with Gasteiger partial charge in [0.1, 0.15) is 9.88 Å². The van der Waals surface area contributed by atoms with Gasteiger partial charge in [-0.3, -0.25) is 14.7 Å². The van der Waals surface area contributed by atoms with Crippen molar-refractivity contribution in [1.82, 2.24) is 9.88 Å². The van der Waals surface area contributed by atoms with Crippen LogP contribution in [0.15, 0.2) is 24.3 Å². The van der Waals surface area contributed by atoms with E-state index in [1.165, 1.54) is 14.0 Å². The van der Waals surface area contributed by atoms with Crippen LogP contribution in [0.3, 0.4) is 0 Å². The minimum absolute atomic E-state index is 0.0467. The minimum atomic E-state index is -1.21. The molecule has 0 radical (unpaired) electrons. The standard InChI is InChI=1S/C29H33N3O7S/c1-7-38-29(36)24-16(4)22(27(34)37-6)26(40-24)31-25(33)17(5)39-28(35)23-18-10-8-9-11-20(18)30-21-12-13-32(15(2)3)14-19(21)23/h8-11,15,17H,7,12-14H2,1-6H3,(H,31,33). The van der Waals surface area contributed by atoms with E-state index in [-0.39, 0.29) is 28.1 Å². The van der Waals surface area contributed by atoms with Crippen LogP contribution in [0.2, 0.25) is 0 Å². The number of ether oxygens (including phenoxy) is 3. The number of hydrogen-bond acceptors (Lipinski definition) is 10. The van der Waals surface area contributed by atoms with Gasteiger partial charge in [-0.15, -0.1) is 11.3 Å².